The van der Waals surface area contributed by atoms with Crippen LogP contribution >= 0.6 is 34.5 Å². The van der Waals surface area contributed by atoms with Crippen molar-refractivity contribution in [2.45, 2.75) is 18.0 Å². The number of hydrogen-bond donors (Lipinski definition) is 2. The predicted molar refractivity (Wildman–Crippen MR) is 82.7 cm³/mol. The van der Waals surface area contributed by atoms with Crippen molar-refractivity contribution in [3.05, 3.63) is 50.1 Å². The van der Waals surface area contributed by atoms with E-state index in [1.807, 2.05) is 24.3 Å². The van der Waals surface area contributed by atoms with E-state index >= 15 is 0 Å². The van der Waals surface area contributed by atoms with Crippen LogP contribution in [0.4, 0.5) is 0 Å². The number of nitrogens with two attached hydrogens (primary N) is 1. The molecular formula is C12H12Cl2N2O2S2. The van der Waals surface area contributed by atoms with Crippen molar-refractivity contribution in [2.24, 2.45) is 5.73 Å². The van der Waals surface area contributed by atoms with Gasteiger partial charge in [0.1, 0.15) is 9.23 Å². The number of hydrogen-bond acceptors (Lipinski definition) is 4. The van der Waals surface area contributed by atoms with Gasteiger partial charge in [-0.15, -0.1) is 11.3 Å². The fraction of sp³-hybridized carbons (Fsp3) is 0.167. The van der Waals surface area contributed by atoms with Gasteiger partial charge in [-0.1, -0.05) is 47.5 Å². The maximum atomic E-state index is 12.2. The predicted octanol–water partition coefficient (Wildman–Crippen LogP) is 2.99. The number of sulfonamides is 1. The lowest BCUT2D eigenvalue weighted by molar-refractivity contribution is 0.581. The van der Waals surface area contributed by atoms with Gasteiger partial charge in [-0.3, -0.25) is 0 Å². The Morgan fingerprint density at radius 3 is 2.40 bits per heavy atom. The van der Waals surface area contributed by atoms with Gasteiger partial charge in [-0.2, -0.15) is 0 Å². The van der Waals surface area contributed by atoms with Crippen LogP contribution in [0.15, 0.2) is 35.2 Å². The molecule has 0 fully saturated rings. The van der Waals surface area contributed by atoms with Gasteiger partial charge in [-0.05, 0) is 17.2 Å². The minimum Gasteiger partial charge on any atom is -0.326 e. The molecule has 3 N–H and O–H groups in total. The number of rotatable bonds is 5. The highest BCUT2D eigenvalue weighted by atomic mass is 35.5. The van der Waals surface area contributed by atoms with Crippen molar-refractivity contribution in [1.29, 1.82) is 0 Å². The van der Waals surface area contributed by atoms with Crippen molar-refractivity contribution in [2.75, 3.05) is 0 Å². The monoisotopic (exact) mass is 350 g/mol. The summed E-state index contributed by atoms with van der Waals surface area (Å²) in [7, 11) is -3.69. The summed E-state index contributed by atoms with van der Waals surface area (Å²) in [5.74, 6) is 0. The second-order valence-electron chi connectivity index (χ2n) is 3.99. The second-order valence-corrected chi connectivity index (χ2v) is 8.01. The zero-order valence-corrected chi connectivity index (χ0v) is 13.4. The Hall–Kier alpha value is -0.630. The van der Waals surface area contributed by atoms with Crippen LogP contribution in [0.5, 0.6) is 0 Å². The third-order valence-corrected chi connectivity index (χ3v) is 5.86. The molecule has 0 saturated heterocycles. The van der Waals surface area contributed by atoms with Crippen LogP contribution in [0.1, 0.15) is 11.1 Å². The first kappa shape index (κ1) is 15.8. The molecule has 1 aromatic heterocycles. The zero-order valence-electron chi connectivity index (χ0n) is 10.3. The summed E-state index contributed by atoms with van der Waals surface area (Å²) in [6.07, 6.45) is 0. The number of halogens is 2. The Kier molecular flexibility index (Phi) is 5.06. The molecule has 1 aromatic carbocycles. The van der Waals surface area contributed by atoms with E-state index in [1.54, 1.807) is 0 Å². The number of benzene rings is 1. The van der Waals surface area contributed by atoms with Gasteiger partial charge in [0.25, 0.3) is 0 Å². The smallest absolute Gasteiger partial charge is 0.243 e. The van der Waals surface area contributed by atoms with Crippen LogP contribution in [0.2, 0.25) is 8.67 Å². The Bertz CT molecular complexity index is 714. The lowest BCUT2D eigenvalue weighted by Crippen LogP contribution is -2.24. The van der Waals surface area contributed by atoms with E-state index in [2.05, 4.69) is 4.72 Å². The van der Waals surface area contributed by atoms with Gasteiger partial charge >= 0.3 is 0 Å². The molecule has 0 aliphatic rings. The van der Waals surface area contributed by atoms with E-state index in [0.717, 1.165) is 22.5 Å². The zero-order chi connectivity index (χ0) is 14.8. The first-order valence-corrected chi connectivity index (χ1v) is 8.71. The molecule has 0 aliphatic carbocycles. The van der Waals surface area contributed by atoms with Gasteiger partial charge in [0, 0.05) is 13.1 Å². The minimum absolute atomic E-state index is 0.000559. The SMILES string of the molecule is NCc1ccccc1CNS(=O)(=O)c1cc(Cl)sc1Cl. The maximum Gasteiger partial charge on any atom is 0.243 e. The van der Waals surface area contributed by atoms with E-state index in [1.165, 1.54) is 6.07 Å². The Balaban J connectivity index is 2.20. The van der Waals surface area contributed by atoms with Gasteiger partial charge in [0.05, 0.1) is 4.34 Å². The second kappa shape index (κ2) is 6.43. The quantitative estimate of drug-likeness (QED) is 0.870. The number of nitrogens with one attached hydrogen (secondary N) is 1. The van der Waals surface area contributed by atoms with Crippen molar-refractivity contribution < 1.29 is 8.42 Å². The summed E-state index contributed by atoms with van der Waals surface area (Å²) in [5, 5.41) is 0. The minimum atomic E-state index is -3.69. The van der Waals surface area contributed by atoms with Crippen LogP contribution in [0, 0.1) is 0 Å². The lowest BCUT2D eigenvalue weighted by Gasteiger charge is -2.09. The molecule has 108 valence electrons. The summed E-state index contributed by atoms with van der Waals surface area (Å²) in [4.78, 5) is -0.000559. The van der Waals surface area contributed by atoms with E-state index in [9.17, 15) is 8.42 Å². The highest BCUT2D eigenvalue weighted by Crippen LogP contribution is 2.34. The molecular weight excluding hydrogens is 339 g/mol. The fourth-order valence-electron chi connectivity index (χ4n) is 1.69. The highest BCUT2D eigenvalue weighted by molar-refractivity contribution is 7.89. The normalized spacial score (nSPS) is 11.8. The summed E-state index contributed by atoms with van der Waals surface area (Å²) in [6, 6.07) is 8.71. The molecule has 0 spiro atoms. The van der Waals surface area contributed by atoms with Crippen molar-refractivity contribution >= 4 is 44.6 Å². The van der Waals surface area contributed by atoms with Gasteiger partial charge in [0.15, 0.2) is 0 Å². The topological polar surface area (TPSA) is 72.2 Å². The summed E-state index contributed by atoms with van der Waals surface area (Å²) in [6.45, 7) is 0.502. The Morgan fingerprint density at radius 1 is 1.20 bits per heavy atom. The third-order valence-electron chi connectivity index (χ3n) is 2.71. The Labute approximate surface area is 131 Å². The van der Waals surface area contributed by atoms with Gasteiger partial charge in [-0.25, -0.2) is 13.1 Å². The van der Waals surface area contributed by atoms with E-state index in [0.29, 0.717) is 10.9 Å². The average Bonchev–Trinajstić information content (AvgIpc) is 2.76. The third kappa shape index (κ3) is 3.52. The largest absolute Gasteiger partial charge is 0.326 e. The summed E-state index contributed by atoms with van der Waals surface area (Å²) < 4.78 is 27.3. The van der Waals surface area contributed by atoms with E-state index in [-0.39, 0.29) is 15.8 Å². The van der Waals surface area contributed by atoms with E-state index in [4.69, 9.17) is 28.9 Å². The fourth-order valence-corrected chi connectivity index (χ4v) is 4.84. The lowest BCUT2D eigenvalue weighted by atomic mass is 10.1. The van der Waals surface area contributed by atoms with Crippen molar-refractivity contribution in [1.82, 2.24) is 4.72 Å². The molecule has 2 rings (SSSR count). The molecule has 0 radical (unpaired) electrons. The van der Waals surface area contributed by atoms with Gasteiger partial charge < -0.3 is 5.73 Å². The van der Waals surface area contributed by atoms with Crippen LogP contribution in [0.25, 0.3) is 0 Å². The van der Waals surface area contributed by atoms with Crippen molar-refractivity contribution in [3.63, 3.8) is 0 Å². The molecule has 20 heavy (non-hydrogen) atoms. The van der Waals surface area contributed by atoms with Crippen molar-refractivity contribution in [3.8, 4) is 0 Å². The summed E-state index contributed by atoms with van der Waals surface area (Å²) >= 11 is 12.6. The molecule has 1 heterocycles. The van der Waals surface area contributed by atoms with Crippen LogP contribution in [0.3, 0.4) is 0 Å². The molecule has 4 nitrogen and oxygen atoms in total. The molecule has 8 heteroatoms. The molecule has 0 unspecified atom stereocenters. The van der Waals surface area contributed by atoms with E-state index < -0.39 is 10.0 Å². The average molecular weight is 351 g/mol. The molecule has 0 saturated carbocycles. The highest BCUT2D eigenvalue weighted by Gasteiger charge is 2.20. The standard InChI is InChI=1S/C12H12Cl2N2O2S2/c13-11-5-10(12(14)19-11)20(17,18)16-7-9-4-2-1-3-8(9)6-15/h1-5,16H,6-7,15H2. The van der Waals surface area contributed by atoms with Crippen LogP contribution in [-0.4, -0.2) is 8.42 Å². The molecule has 0 amide bonds. The number of thiophene rings is 1. The van der Waals surface area contributed by atoms with Crippen LogP contribution in [-0.2, 0) is 23.1 Å². The first-order chi connectivity index (χ1) is 9.44. The maximum absolute atomic E-state index is 12.2. The van der Waals surface area contributed by atoms with Gasteiger partial charge in [0.2, 0.25) is 10.0 Å². The van der Waals surface area contributed by atoms with Crippen LogP contribution < -0.4 is 10.5 Å². The molecule has 0 atom stereocenters. The molecule has 2 aromatic rings. The molecule has 0 bridgehead atoms. The summed E-state index contributed by atoms with van der Waals surface area (Å²) in [5.41, 5.74) is 7.34. The first-order valence-electron chi connectivity index (χ1n) is 5.65. The molecule has 0 aliphatic heterocycles. The Morgan fingerprint density at radius 2 is 1.85 bits per heavy atom.